The number of amides is 1. The quantitative estimate of drug-likeness (QED) is 0.785. The van der Waals surface area contributed by atoms with E-state index in [2.05, 4.69) is 10.4 Å². The Hall–Kier alpha value is -2.73. The largest absolute Gasteiger partial charge is 0.354 e. The van der Waals surface area contributed by atoms with Crippen molar-refractivity contribution in [2.45, 2.75) is 0 Å². The maximum absolute atomic E-state index is 13.2. The normalized spacial score (nSPS) is 10.7. The molecule has 3 rings (SSSR count). The fourth-order valence-corrected chi connectivity index (χ4v) is 2.53. The maximum Gasteiger partial charge on any atom is 0.280 e. The number of aromatic nitrogens is 2. The molecule has 0 aliphatic rings. The number of nitrogens with zero attached hydrogens (tertiary/aromatic N) is 2. The molecule has 7 heteroatoms. The minimum Gasteiger partial charge on any atom is -0.354 e. The molecule has 0 saturated carbocycles. The number of carbonyl (C=O) groups excluding carboxylic acids is 2. The van der Waals surface area contributed by atoms with Crippen molar-refractivity contribution in [2.24, 2.45) is 0 Å². The lowest BCUT2D eigenvalue weighted by Gasteiger charge is -2.04. The highest BCUT2D eigenvalue weighted by molar-refractivity contribution is 6.34. The molecule has 0 atom stereocenters. The molecule has 1 amide bonds. The number of fused-ring (bicyclic) bond motifs is 1. The average Bonchev–Trinajstić information content (AvgIpc) is 2.93. The van der Waals surface area contributed by atoms with Gasteiger partial charge in [-0.25, -0.2) is 4.39 Å². The molecule has 23 heavy (non-hydrogen) atoms. The van der Waals surface area contributed by atoms with Crippen molar-refractivity contribution in [3.8, 4) is 0 Å². The Morgan fingerprint density at radius 3 is 2.65 bits per heavy atom. The van der Waals surface area contributed by atoms with Crippen molar-refractivity contribution >= 4 is 34.3 Å². The summed E-state index contributed by atoms with van der Waals surface area (Å²) < 4.78 is 14.2. The Labute approximate surface area is 135 Å². The minimum atomic E-state index is -0.540. The van der Waals surface area contributed by atoms with E-state index >= 15 is 0 Å². The minimum absolute atomic E-state index is 0.0175. The molecule has 1 heterocycles. The van der Waals surface area contributed by atoms with Crippen LogP contribution in [0.1, 0.15) is 20.8 Å². The molecule has 5 nitrogen and oxygen atoms in total. The Morgan fingerprint density at radius 2 is 1.96 bits per heavy atom. The summed E-state index contributed by atoms with van der Waals surface area (Å²) in [4.78, 5) is 24.6. The average molecular weight is 332 g/mol. The first-order valence-electron chi connectivity index (χ1n) is 6.72. The van der Waals surface area contributed by atoms with Crippen LogP contribution in [-0.2, 0) is 0 Å². The van der Waals surface area contributed by atoms with Crippen LogP contribution in [0.4, 0.5) is 4.39 Å². The van der Waals surface area contributed by atoms with Crippen molar-refractivity contribution in [3.63, 3.8) is 0 Å². The van der Waals surface area contributed by atoms with Gasteiger partial charge >= 0.3 is 0 Å². The fourth-order valence-electron chi connectivity index (χ4n) is 2.28. The number of para-hydroxylation sites is 1. The third-order valence-corrected chi connectivity index (χ3v) is 3.70. The zero-order valence-electron chi connectivity index (χ0n) is 12.0. The van der Waals surface area contributed by atoms with E-state index in [1.165, 1.54) is 13.1 Å². The predicted molar refractivity (Wildman–Crippen MR) is 84.3 cm³/mol. The van der Waals surface area contributed by atoms with Gasteiger partial charge in [-0.1, -0.05) is 29.8 Å². The molecule has 0 spiro atoms. The number of halogens is 2. The molecule has 0 fully saturated rings. The Morgan fingerprint density at radius 1 is 1.22 bits per heavy atom. The van der Waals surface area contributed by atoms with Crippen molar-refractivity contribution in [1.82, 2.24) is 15.1 Å². The zero-order valence-corrected chi connectivity index (χ0v) is 12.8. The van der Waals surface area contributed by atoms with Crippen LogP contribution >= 0.6 is 11.6 Å². The molecule has 3 aromatic rings. The van der Waals surface area contributed by atoms with E-state index in [9.17, 15) is 14.0 Å². The van der Waals surface area contributed by atoms with Crippen LogP contribution in [0.2, 0.25) is 5.02 Å². The van der Waals surface area contributed by atoms with Crippen molar-refractivity contribution in [1.29, 1.82) is 0 Å². The molecule has 0 aliphatic heterocycles. The third kappa shape index (κ3) is 2.57. The predicted octanol–water partition coefficient (Wildman–Crippen LogP) is 2.88. The van der Waals surface area contributed by atoms with Gasteiger partial charge in [0.15, 0.2) is 5.69 Å². The summed E-state index contributed by atoms with van der Waals surface area (Å²) in [7, 11) is 1.48. The van der Waals surface area contributed by atoms with Crippen LogP contribution in [0, 0.1) is 5.82 Å². The SMILES string of the molecule is CNC(=O)c1nn(C(=O)c2ccc(F)cc2Cl)c2ccccc12. The van der Waals surface area contributed by atoms with E-state index in [-0.39, 0.29) is 16.3 Å². The Kier molecular flexibility index (Phi) is 3.83. The first-order valence-corrected chi connectivity index (χ1v) is 7.10. The number of hydrogen-bond acceptors (Lipinski definition) is 3. The molecule has 0 saturated heterocycles. The van der Waals surface area contributed by atoms with Gasteiger partial charge in [0.05, 0.1) is 16.1 Å². The van der Waals surface area contributed by atoms with Crippen molar-refractivity contribution < 1.29 is 14.0 Å². The van der Waals surface area contributed by atoms with Gasteiger partial charge in [-0.15, -0.1) is 0 Å². The smallest absolute Gasteiger partial charge is 0.280 e. The number of benzene rings is 2. The topological polar surface area (TPSA) is 64.0 Å². The fraction of sp³-hybridized carbons (Fsp3) is 0.0625. The molecule has 116 valence electrons. The van der Waals surface area contributed by atoms with Crippen LogP contribution in [0.15, 0.2) is 42.5 Å². The van der Waals surface area contributed by atoms with Crippen LogP contribution < -0.4 is 5.32 Å². The van der Waals surface area contributed by atoms with E-state index in [1.807, 2.05) is 0 Å². The van der Waals surface area contributed by atoms with Gasteiger partial charge in [0, 0.05) is 12.4 Å². The van der Waals surface area contributed by atoms with E-state index in [0.29, 0.717) is 10.9 Å². The van der Waals surface area contributed by atoms with E-state index in [4.69, 9.17) is 11.6 Å². The standard InChI is InChI=1S/C16H11ClFN3O2/c1-19-15(22)14-11-4-2-3-5-13(11)21(20-14)16(23)10-7-6-9(18)8-12(10)17/h2-8H,1H3,(H,19,22). The summed E-state index contributed by atoms with van der Waals surface area (Å²) in [6.07, 6.45) is 0. The van der Waals surface area contributed by atoms with E-state index < -0.39 is 17.6 Å². The molecular formula is C16H11ClFN3O2. The summed E-state index contributed by atoms with van der Waals surface area (Å²) in [5.41, 5.74) is 0.705. The van der Waals surface area contributed by atoms with Gasteiger partial charge in [0.1, 0.15) is 5.82 Å². The summed E-state index contributed by atoms with van der Waals surface area (Å²) in [6.45, 7) is 0. The molecule has 0 bridgehead atoms. The molecule has 0 aliphatic carbocycles. The first-order chi connectivity index (χ1) is 11.0. The second-order valence-electron chi connectivity index (χ2n) is 4.79. The van der Waals surface area contributed by atoms with Gasteiger partial charge < -0.3 is 5.32 Å². The molecular weight excluding hydrogens is 321 g/mol. The molecule has 0 unspecified atom stereocenters. The van der Waals surface area contributed by atoms with Crippen molar-refractivity contribution in [2.75, 3.05) is 7.05 Å². The van der Waals surface area contributed by atoms with Gasteiger partial charge in [0.2, 0.25) is 0 Å². The van der Waals surface area contributed by atoms with Gasteiger partial charge in [-0.3, -0.25) is 9.59 Å². The Bertz CT molecular complexity index is 936. The van der Waals surface area contributed by atoms with E-state index in [1.54, 1.807) is 24.3 Å². The molecule has 0 radical (unpaired) electrons. The monoisotopic (exact) mass is 331 g/mol. The van der Waals surface area contributed by atoms with Gasteiger partial charge in [0.25, 0.3) is 11.8 Å². The number of rotatable bonds is 2. The second kappa shape index (κ2) is 5.81. The van der Waals surface area contributed by atoms with E-state index in [0.717, 1.165) is 16.8 Å². The number of hydrogen-bond donors (Lipinski definition) is 1. The van der Waals surface area contributed by atoms with Crippen LogP contribution in [-0.4, -0.2) is 28.6 Å². The highest BCUT2D eigenvalue weighted by atomic mass is 35.5. The maximum atomic E-state index is 13.2. The summed E-state index contributed by atoms with van der Waals surface area (Å²) in [6, 6.07) is 10.3. The first kappa shape index (κ1) is 15.2. The third-order valence-electron chi connectivity index (χ3n) is 3.38. The lowest BCUT2D eigenvalue weighted by Crippen LogP contribution is -2.20. The summed E-state index contributed by atoms with van der Waals surface area (Å²) in [5.74, 6) is -1.48. The van der Waals surface area contributed by atoms with Crippen LogP contribution in [0.25, 0.3) is 10.9 Å². The Balaban J connectivity index is 2.20. The zero-order chi connectivity index (χ0) is 16.6. The molecule has 1 aromatic heterocycles. The summed E-state index contributed by atoms with van der Waals surface area (Å²) >= 11 is 5.94. The highest BCUT2D eigenvalue weighted by Gasteiger charge is 2.21. The van der Waals surface area contributed by atoms with Crippen molar-refractivity contribution in [3.05, 3.63) is 64.6 Å². The van der Waals surface area contributed by atoms with Crippen LogP contribution in [0.3, 0.4) is 0 Å². The highest BCUT2D eigenvalue weighted by Crippen LogP contribution is 2.23. The van der Waals surface area contributed by atoms with Gasteiger partial charge in [-0.2, -0.15) is 9.78 Å². The summed E-state index contributed by atoms with van der Waals surface area (Å²) in [5, 5.41) is 7.11. The van der Waals surface area contributed by atoms with Gasteiger partial charge in [-0.05, 0) is 24.3 Å². The second-order valence-corrected chi connectivity index (χ2v) is 5.19. The van der Waals surface area contributed by atoms with Crippen LogP contribution in [0.5, 0.6) is 0 Å². The number of carbonyl (C=O) groups is 2. The lowest BCUT2D eigenvalue weighted by atomic mass is 10.2. The number of nitrogens with one attached hydrogen (secondary N) is 1. The molecule has 1 N–H and O–H groups in total. The lowest BCUT2D eigenvalue weighted by molar-refractivity contribution is 0.0944. The molecule has 2 aromatic carbocycles.